The Bertz CT molecular complexity index is 345. The molecule has 2 rings (SSSR count). The molecule has 1 atom stereocenters. The molecule has 0 spiro atoms. The third-order valence-corrected chi connectivity index (χ3v) is 4.78. The van der Waals surface area contributed by atoms with Crippen LogP contribution in [0, 0.1) is 11.3 Å². The van der Waals surface area contributed by atoms with E-state index in [0.717, 1.165) is 45.1 Å². The fourth-order valence-corrected chi connectivity index (χ4v) is 3.71. The minimum atomic E-state index is -0.724. The lowest BCUT2D eigenvalue weighted by Crippen LogP contribution is -2.51. The number of piperidine rings is 1. The Morgan fingerprint density at radius 1 is 1.26 bits per heavy atom. The fraction of sp³-hybridized carbons (Fsp3) is 0.867. The molecule has 19 heavy (non-hydrogen) atoms. The molecule has 0 aromatic rings. The minimum absolute atomic E-state index is 0.159. The molecular formula is C15H25NO3. The first-order chi connectivity index (χ1) is 9.09. The number of carbonyl (C=O) groups excluding carboxylic acids is 1. The van der Waals surface area contributed by atoms with Crippen LogP contribution in [-0.4, -0.2) is 35.0 Å². The largest absolute Gasteiger partial charge is 0.481 e. The standard InChI is InChI=1S/C15H25NO3/c1-2-8-15(14(18)19)9-5-10-16(11-15)13(17)12-6-3-4-7-12/h12H,2-11H2,1H3,(H,18,19). The van der Waals surface area contributed by atoms with Gasteiger partial charge in [0.15, 0.2) is 0 Å². The van der Waals surface area contributed by atoms with Gasteiger partial charge in [0, 0.05) is 19.0 Å². The van der Waals surface area contributed by atoms with Gasteiger partial charge in [0.2, 0.25) is 5.91 Å². The summed E-state index contributed by atoms with van der Waals surface area (Å²) in [6.07, 6.45) is 7.34. The van der Waals surface area contributed by atoms with E-state index in [1.807, 2.05) is 11.8 Å². The van der Waals surface area contributed by atoms with Crippen molar-refractivity contribution in [1.29, 1.82) is 0 Å². The van der Waals surface area contributed by atoms with Crippen LogP contribution in [0.4, 0.5) is 0 Å². The number of carboxylic acids is 1. The molecule has 1 unspecified atom stereocenters. The van der Waals surface area contributed by atoms with Crippen molar-refractivity contribution in [2.24, 2.45) is 11.3 Å². The summed E-state index contributed by atoms with van der Waals surface area (Å²) in [7, 11) is 0. The molecule has 0 radical (unpaired) electrons. The molecule has 4 nitrogen and oxygen atoms in total. The number of hydrogen-bond acceptors (Lipinski definition) is 2. The predicted octanol–water partition coefficient (Wildman–Crippen LogP) is 2.67. The Morgan fingerprint density at radius 2 is 1.95 bits per heavy atom. The smallest absolute Gasteiger partial charge is 0.311 e. The van der Waals surface area contributed by atoms with Gasteiger partial charge < -0.3 is 10.0 Å². The normalized spacial score (nSPS) is 28.6. The minimum Gasteiger partial charge on any atom is -0.481 e. The quantitative estimate of drug-likeness (QED) is 0.852. The third kappa shape index (κ3) is 2.93. The molecule has 1 N–H and O–H groups in total. The molecule has 1 aliphatic heterocycles. The van der Waals surface area contributed by atoms with Crippen LogP contribution in [0.5, 0.6) is 0 Å². The van der Waals surface area contributed by atoms with Crippen molar-refractivity contribution in [1.82, 2.24) is 4.90 Å². The van der Waals surface area contributed by atoms with Gasteiger partial charge in [-0.05, 0) is 32.1 Å². The van der Waals surface area contributed by atoms with E-state index in [4.69, 9.17) is 0 Å². The first kappa shape index (κ1) is 14.4. The second kappa shape index (κ2) is 5.93. The molecule has 108 valence electrons. The summed E-state index contributed by atoms with van der Waals surface area (Å²) in [5, 5.41) is 9.55. The molecule has 2 aliphatic rings. The van der Waals surface area contributed by atoms with Crippen molar-refractivity contribution in [3.8, 4) is 0 Å². The van der Waals surface area contributed by atoms with Crippen LogP contribution >= 0.6 is 0 Å². The zero-order valence-corrected chi connectivity index (χ0v) is 11.9. The Hall–Kier alpha value is -1.06. The van der Waals surface area contributed by atoms with Crippen LogP contribution in [0.2, 0.25) is 0 Å². The number of carbonyl (C=O) groups is 2. The molecule has 1 heterocycles. The molecule has 0 bridgehead atoms. The summed E-state index contributed by atoms with van der Waals surface area (Å²) in [5.41, 5.74) is -0.693. The van der Waals surface area contributed by atoms with Gasteiger partial charge in [-0.3, -0.25) is 9.59 Å². The lowest BCUT2D eigenvalue weighted by molar-refractivity contribution is -0.156. The van der Waals surface area contributed by atoms with E-state index in [0.29, 0.717) is 19.4 Å². The van der Waals surface area contributed by atoms with E-state index in [9.17, 15) is 14.7 Å². The van der Waals surface area contributed by atoms with Gasteiger partial charge in [0.1, 0.15) is 0 Å². The van der Waals surface area contributed by atoms with Crippen molar-refractivity contribution in [2.75, 3.05) is 13.1 Å². The molecule has 4 heteroatoms. The second-order valence-electron chi connectivity index (χ2n) is 6.18. The molecule has 1 saturated carbocycles. The number of likely N-dealkylation sites (tertiary alicyclic amines) is 1. The summed E-state index contributed by atoms with van der Waals surface area (Å²) in [6, 6.07) is 0. The average molecular weight is 267 g/mol. The Kier molecular flexibility index (Phi) is 4.48. The van der Waals surface area contributed by atoms with Gasteiger partial charge in [-0.1, -0.05) is 26.2 Å². The fourth-order valence-electron chi connectivity index (χ4n) is 3.71. The van der Waals surface area contributed by atoms with Crippen LogP contribution in [-0.2, 0) is 9.59 Å². The van der Waals surface area contributed by atoms with Gasteiger partial charge in [0.05, 0.1) is 5.41 Å². The van der Waals surface area contributed by atoms with Crippen molar-refractivity contribution < 1.29 is 14.7 Å². The first-order valence-corrected chi connectivity index (χ1v) is 7.61. The second-order valence-corrected chi connectivity index (χ2v) is 6.18. The SMILES string of the molecule is CCCC1(C(=O)O)CCCN(C(=O)C2CCCC2)C1. The zero-order chi connectivity index (χ0) is 13.9. The van der Waals surface area contributed by atoms with Crippen LogP contribution in [0.1, 0.15) is 58.3 Å². The summed E-state index contributed by atoms with van der Waals surface area (Å²) < 4.78 is 0. The molecule has 0 aromatic heterocycles. The number of rotatable bonds is 4. The first-order valence-electron chi connectivity index (χ1n) is 7.61. The molecule has 1 amide bonds. The maximum Gasteiger partial charge on any atom is 0.311 e. The maximum absolute atomic E-state index is 12.4. The lowest BCUT2D eigenvalue weighted by Gasteiger charge is -2.40. The van der Waals surface area contributed by atoms with E-state index < -0.39 is 11.4 Å². The van der Waals surface area contributed by atoms with Gasteiger partial charge in [-0.15, -0.1) is 0 Å². The van der Waals surface area contributed by atoms with Gasteiger partial charge in [-0.25, -0.2) is 0 Å². The topological polar surface area (TPSA) is 57.6 Å². The predicted molar refractivity (Wildman–Crippen MR) is 72.7 cm³/mol. The van der Waals surface area contributed by atoms with Crippen LogP contribution < -0.4 is 0 Å². The zero-order valence-electron chi connectivity index (χ0n) is 11.9. The van der Waals surface area contributed by atoms with E-state index in [1.54, 1.807) is 0 Å². The monoisotopic (exact) mass is 267 g/mol. The van der Waals surface area contributed by atoms with E-state index in [2.05, 4.69) is 0 Å². The number of hydrogen-bond donors (Lipinski definition) is 1. The summed E-state index contributed by atoms with van der Waals surface area (Å²) >= 11 is 0. The van der Waals surface area contributed by atoms with Crippen molar-refractivity contribution in [3.05, 3.63) is 0 Å². The third-order valence-electron chi connectivity index (χ3n) is 4.78. The number of carboxylic acid groups (broad SMARTS) is 1. The van der Waals surface area contributed by atoms with Crippen molar-refractivity contribution in [2.45, 2.75) is 58.3 Å². The van der Waals surface area contributed by atoms with Crippen LogP contribution in [0.15, 0.2) is 0 Å². The Balaban J connectivity index is 2.06. The maximum atomic E-state index is 12.4. The van der Waals surface area contributed by atoms with E-state index in [1.165, 1.54) is 0 Å². The summed E-state index contributed by atoms with van der Waals surface area (Å²) in [5.74, 6) is -0.358. The molecule has 1 aliphatic carbocycles. The summed E-state index contributed by atoms with van der Waals surface area (Å²) in [6.45, 7) is 3.18. The Morgan fingerprint density at radius 3 is 2.53 bits per heavy atom. The van der Waals surface area contributed by atoms with Crippen LogP contribution in [0.25, 0.3) is 0 Å². The molecular weight excluding hydrogens is 242 g/mol. The molecule has 2 fully saturated rings. The average Bonchev–Trinajstić information content (AvgIpc) is 2.92. The van der Waals surface area contributed by atoms with E-state index >= 15 is 0 Å². The lowest BCUT2D eigenvalue weighted by atomic mass is 9.76. The summed E-state index contributed by atoms with van der Waals surface area (Å²) in [4.78, 5) is 25.9. The van der Waals surface area contributed by atoms with E-state index in [-0.39, 0.29) is 11.8 Å². The Labute approximate surface area is 115 Å². The number of nitrogens with zero attached hydrogens (tertiary/aromatic N) is 1. The molecule has 0 aromatic carbocycles. The van der Waals surface area contributed by atoms with Gasteiger partial charge >= 0.3 is 5.97 Å². The van der Waals surface area contributed by atoms with Crippen LogP contribution in [0.3, 0.4) is 0 Å². The van der Waals surface area contributed by atoms with Crippen molar-refractivity contribution >= 4 is 11.9 Å². The highest BCUT2D eigenvalue weighted by molar-refractivity contribution is 5.81. The molecule has 1 saturated heterocycles. The highest BCUT2D eigenvalue weighted by Crippen LogP contribution is 2.37. The highest BCUT2D eigenvalue weighted by atomic mass is 16.4. The highest BCUT2D eigenvalue weighted by Gasteiger charge is 2.43. The number of amides is 1. The van der Waals surface area contributed by atoms with Gasteiger partial charge in [-0.2, -0.15) is 0 Å². The van der Waals surface area contributed by atoms with Gasteiger partial charge in [0.25, 0.3) is 0 Å². The number of aliphatic carboxylic acids is 1. The van der Waals surface area contributed by atoms with Crippen molar-refractivity contribution in [3.63, 3.8) is 0 Å².